The number of sulfonamides is 1. The molecule has 11 heteroatoms. The van der Waals surface area contributed by atoms with Crippen LogP contribution in [0.25, 0.3) is 0 Å². The predicted octanol–water partition coefficient (Wildman–Crippen LogP) is 1.76. The lowest BCUT2D eigenvalue weighted by molar-refractivity contribution is -0.139. The van der Waals surface area contributed by atoms with Gasteiger partial charge < -0.3 is 20.1 Å². The molecule has 0 atom stereocenters. The van der Waals surface area contributed by atoms with E-state index < -0.39 is 33.6 Å². The number of ether oxygens (including phenoxy) is 2. The Bertz CT molecular complexity index is 1050. The molecule has 0 heterocycles. The van der Waals surface area contributed by atoms with Gasteiger partial charge in [0.1, 0.15) is 18.0 Å². The first-order valence-electron chi connectivity index (χ1n) is 9.60. The summed E-state index contributed by atoms with van der Waals surface area (Å²) in [7, 11) is -2.73. The maximum absolute atomic E-state index is 12.3. The van der Waals surface area contributed by atoms with E-state index in [0.29, 0.717) is 17.1 Å². The molecule has 0 spiro atoms. The SMILES string of the molecule is COC(=O)CNC(=O)c1ccc(NC(=O)CS(=O)(=O)Nc2ccc(OC(C)C)cc2)cc1. The molecule has 2 amide bonds. The molecule has 0 aliphatic rings. The number of anilines is 2. The van der Waals surface area contributed by atoms with E-state index in [0.717, 1.165) is 0 Å². The maximum atomic E-state index is 12.3. The van der Waals surface area contributed by atoms with Crippen molar-refractivity contribution in [3.8, 4) is 5.75 Å². The molecule has 2 aromatic carbocycles. The lowest BCUT2D eigenvalue weighted by Gasteiger charge is -2.12. The maximum Gasteiger partial charge on any atom is 0.325 e. The Balaban J connectivity index is 1.89. The molecular formula is C21H25N3O7S. The Labute approximate surface area is 186 Å². The summed E-state index contributed by atoms with van der Waals surface area (Å²) in [5.41, 5.74) is 0.868. The molecule has 0 aromatic heterocycles. The summed E-state index contributed by atoms with van der Waals surface area (Å²) in [5, 5.41) is 4.84. The Kier molecular flexibility index (Phi) is 8.59. The molecule has 0 radical (unpaired) electrons. The largest absolute Gasteiger partial charge is 0.491 e. The highest BCUT2D eigenvalue weighted by atomic mass is 32.2. The molecule has 0 aliphatic carbocycles. The molecule has 0 aliphatic heterocycles. The summed E-state index contributed by atoms with van der Waals surface area (Å²) in [6, 6.07) is 12.1. The van der Waals surface area contributed by atoms with Gasteiger partial charge >= 0.3 is 5.97 Å². The number of rotatable bonds is 10. The van der Waals surface area contributed by atoms with Crippen LogP contribution >= 0.6 is 0 Å². The zero-order valence-corrected chi connectivity index (χ0v) is 18.7. The van der Waals surface area contributed by atoms with E-state index in [1.54, 1.807) is 12.1 Å². The third kappa shape index (κ3) is 8.26. The zero-order valence-electron chi connectivity index (χ0n) is 17.9. The van der Waals surface area contributed by atoms with E-state index in [-0.39, 0.29) is 18.2 Å². The number of carbonyl (C=O) groups excluding carboxylic acids is 3. The first-order chi connectivity index (χ1) is 15.1. The van der Waals surface area contributed by atoms with Crippen molar-refractivity contribution >= 4 is 39.2 Å². The van der Waals surface area contributed by atoms with Crippen molar-refractivity contribution < 1.29 is 32.3 Å². The number of hydrogen-bond donors (Lipinski definition) is 3. The first kappa shape index (κ1) is 24.7. The predicted molar refractivity (Wildman–Crippen MR) is 119 cm³/mol. The number of nitrogens with one attached hydrogen (secondary N) is 3. The molecule has 172 valence electrons. The summed E-state index contributed by atoms with van der Waals surface area (Å²) in [6.07, 6.45) is -0.00968. The number of amides is 2. The van der Waals surface area contributed by atoms with E-state index in [4.69, 9.17) is 4.74 Å². The summed E-state index contributed by atoms with van der Waals surface area (Å²) in [4.78, 5) is 35.1. The summed E-state index contributed by atoms with van der Waals surface area (Å²) < 4.78 is 36.8. The van der Waals surface area contributed by atoms with E-state index in [1.807, 2.05) is 13.8 Å². The number of benzene rings is 2. The average Bonchev–Trinajstić information content (AvgIpc) is 2.72. The number of hydrogen-bond acceptors (Lipinski definition) is 7. The highest BCUT2D eigenvalue weighted by Crippen LogP contribution is 2.18. The van der Waals surface area contributed by atoms with Gasteiger partial charge in [-0.05, 0) is 62.4 Å². The Hall–Kier alpha value is -3.60. The first-order valence-corrected chi connectivity index (χ1v) is 11.3. The molecule has 32 heavy (non-hydrogen) atoms. The standard InChI is InChI=1S/C21H25N3O7S/c1-14(2)31-18-10-8-17(9-11-18)24-32(28,29)13-19(25)23-16-6-4-15(5-7-16)21(27)22-12-20(26)30-3/h4-11,14,24H,12-13H2,1-3H3,(H,22,27)(H,23,25). The molecule has 0 saturated carbocycles. The second-order valence-electron chi connectivity index (χ2n) is 6.94. The molecule has 0 saturated heterocycles. The molecular weight excluding hydrogens is 438 g/mol. The molecule has 0 fully saturated rings. The van der Waals surface area contributed by atoms with Crippen molar-refractivity contribution in [2.75, 3.05) is 29.4 Å². The van der Waals surface area contributed by atoms with Gasteiger partial charge in [-0.15, -0.1) is 0 Å². The van der Waals surface area contributed by atoms with Gasteiger partial charge in [-0.3, -0.25) is 19.1 Å². The van der Waals surface area contributed by atoms with Crippen LogP contribution in [0.15, 0.2) is 48.5 Å². The fourth-order valence-corrected chi connectivity index (χ4v) is 3.48. The van der Waals surface area contributed by atoms with Gasteiger partial charge in [0.25, 0.3) is 5.91 Å². The quantitative estimate of drug-likeness (QED) is 0.456. The monoisotopic (exact) mass is 463 g/mol. The van der Waals surface area contributed by atoms with E-state index in [1.165, 1.54) is 43.5 Å². The number of carbonyl (C=O) groups is 3. The Morgan fingerprint density at radius 2 is 1.53 bits per heavy atom. The second-order valence-corrected chi connectivity index (χ2v) is 8.66. The minimum absolute atomic E-state index is 0.00968. The van der Waals surface area contributed by atoms with Gasteiger partial charge in [0, 0.05) is 16.9 Å². The van der Waals surface area contributed by atoms with E-state index in [2.05, 4.69) is 20.1 Å². The average molecular weight is 464 g/mol. The number of esters is 1. The lowest BCUT2D eigenvalue weighted by Crippen LogP contribution is -2.30. The van der Waals surface area contributed by atoms with Crippen LogP contribution in [-0.4, -0.2) is 51.7 Å². The molecule has 2 rings (SSSR count). The second kappa shape index (κ2) is 11.1. The zero-order chi connectivity index (χ0) is 23.7. The molecule has 2 aromatic rings. The van der Waals surface area contributed by atoms with Crippen LogP contribution in [0.4, 0.5) is 11.4 Å². The van der Waals surface area contributed by atoms with Gasteiger partial charge in [0.05, 0.1) is 13.2 Å². The summed E-state index contributed by atoms with van der Waals surface area (Å²) in [6.45, 7) is 3.48. The lowest BCUT2D eigenvalue weighted by atomic mass is 10.2. The van der Waals surface area contributed by atoms with Gasteiger partial charge in [-0.25, -0.2) is 8.42 Å². The Morgan fingerprint density at radius 3 is 2.09 bits per heavy atom. The van der Waals surface area contributed by atoms with Crippen LogP contribution < -0.4 is 20.1 Å². The van der Waals surface area contributed by atoms with Crippen molar-refractivity contribution in [2.24, 2.45) is 0 Å². The van der Waals surface area contributed by atoms with Crippen molar-refractivity contribution in [3.05, 3.63) is 54.1 Å². The van der Waals surface area contributed by atoms with Crippen LogP contribution in [0.1, 0.15) is 24.2 Å². The third-order valence-corrected chi connectivity index (χ3v) is 5.06. The fraction of sp³-hybridized carbons (Fsp3) is 0.286. The number of methoxy groups -OCH3 is 1. The van der Waals surface area contributed by atoms with Crippen LogP contribution in [-0.2, 0) is 24.3 Å². The van der Waals surface area contributed by atoms with Gasteiger partial charge in [-0.2, -0.15) is 0 Å². The molecule has 0 unspecified atom stereocenters. The van der Waals surface area contributed by atoms with Crippen molar-refractivity contribution in [1.29, 1.82) is 0 Å². The van der Waals surface area contributed by atoms with E-state index in [9.17, 15) is 22.8 Å². The van der Waals surface area contributed by atoms with Gasteiger partial charge in [0.15, 0.2) is 0 Å². The van der Waals surface area contributed by atoms with Gasteiger partial charge in [0.2, 0.25) is 15.9 Å². The van der Waals surface area contributed by atoms with Crippen LogP contribution in [0.3, 0.4) is 0 Å². The van der Waals surface area contributed by atoms with Crippen LogP contribution in [0.2, 0.25) is 0 Å². The highest BCUT2D eigenvalue weighted by molar-refractivity contribution is 7.93. The van der Waals surface area contributed by atoms with Crippen molar-refractivity contribution in [1.82, 2.24) is 5.32 Å². The van der Waals surface area contributed by atoms with Crippen LogP contribution in [0, 0.1) is 0 Å². The third-order valence-electron chi connectivity index (χ3n) is 3.87. The normalized spacial score (nSPS) is 10.9. The van der Waals surface area contributed by atoms with Gasteiger partial charge in [-0.1, -0.05) is 0 Å². The van der Waals surface area contributed by atoms with Crippen molar-refractivity contribution in [2.45, 2.75) is 20.0 Å². The molecule has 10 nitrogen and oxygen atoms in total. The molecule has 0 bridgehead atoms. The fourth-order valence-electron chi connectivity index (χ4n) is 2.49. The van der Waals surface area contributed by atoms with Crippen LogP contribution in [0.5, 0.6) is 5.75 Å². The summed E-state index contributed by atoms with van der Waals surface area (Å²) in [5.74, 6) is -2.02. The topological polar surface area (TPSA) is 140 Å². The smallest absolute Gasteiger partial charge is 0.325 e. The highest BCUT2D eigenvalue weighted by Gasteiger charge is 2.17. The van der Waals surface area contributed by atoms with Crippen molar-refractivity contribution in [3.63, 3.8) is 0 Å². The summed E-state index contributed by atoms with van der Waals surface area (Å²) >= 11 is 0. The minimum Gasteiger partial charge on any atom is -0.491 e. The minimum atomic E-state index is -3.94. The van der Waals surface area contributed by atoms with E-state index >= 15 is 0 Å². The Morgan fingerprint density at radius 1 is 0.938 bits per heavy atom. The molecule has 3 N–H and O–H groups in total.